The summed E-state index contributed by atoms with van der Waals surface area (Å²) in [5.74, 6) is 0.488. The van der Waals surface area contributed by atoms with Gasteiger partial charge in [-0.15, -0.1) is 22.7 Å². The SMILES string of the molecule is Cc1csc(NC(=O)/C=C/c2ccccc2OCc2csc(C)n2)n1. The van der Waals surface area contributed by atoms with E-state index in [1.807, 2.05) is 48.9 Å². The second kappa shape index (κ2) is 8.04. The number of hydrogen-bond donors (Lipinski definition) is 1. The molecule has 0 bridgehead atoms. The van der Waals surface area contributed by atoms with Crippen LogP contribution in [-0.2, 0) is 11.4 Å². The van der Waals surface area contributed by atoms with Gasteiger partial charge < -0.3 is 4.74 Å². The second-order valence-corrected chi connectivity index (χ2v) is 7.22. The number of nitrogens with zero attached hydrogens (tertiary/aromatic N) is 2. The van der Waals surface area contributed by atoms with E-state index in [4.69, 9.17) is 4.74 Å². The van der Waals surface area contributed by atoms with Gasteiger partial charge in [0.25, 0.3) is 0 Å². The van der Waals surface area contributed by atoms with E-state index in [0.29, 0.717) is 17.5 Å². The van der Waals surface area contributed by atoms with Gasteiger partial charge in [-0.25, -0.2) is 9.97 Å². The minimum atomic E-state index is -0.223. The molecule has 0 radical (unpaired) electrons. The van der Waals surface area contributed by atoms with Gasteiger partial charge in [0.1, 0.15) is 12.4 Å². The van der Waals surface area contributed by atoms with Crippen LogP contribution in [0.3, 0.4) is 0 Å². The Morgan fingerprint density at radius 3 is 2.76 bits per heavy atom. The smallest absolute Gasteiger partial charge is 0.250 e. The summed E-state index contributed by atoms with van der Waals surface area (Å²) < 4.78 is 5.84. The number of hydrogen-bond acceptors (Lipinski definition) is 6. The van der Waals surface area contributed by atoms with Crippen molar-refractivity contribution in [2.45, 2.75) is 20.5 Å². The second-order valence-electron chi connectivity index (χ2n) is 5.30. The van der Waals surface area contributed by atoms with E-state index in [2.05, 4.69) is 15.3 Å². The zero-order valence-electron chi connectivity index (χ0n) is 13.9. The summed E-state index contributed by atoms with van der Waals surface area (Å²) in [6.45, 7) is 4.26. The molecule has 0 aliphatic carbocycles. The van der Waals surface area contributed by atoms with Crippen molar-refractivity contribution in [3.05, 3.63) is 63.1 Å². The Morgan fingerprint density at radius 1 is 1.20 bits per heavy atom. The van der Waals surface area contributed by atoms with Crippen LogP contribution < -0.4 is 10.1 Å². The predicted molar refractivity (Wildman–Crippen MR) is 102 cm³/mol. The maximum Gasteiger partial charge on any atom is 0.250 e. The van der Waals surface area contributed by atoms with E-state index < -0.39 is 0 Å². The van der Waals surface area contributed by atoms with E-state index in [0.717, 1.165) is 22.0 Å². The Labute approximate surface area is 154 Å². The molecule has 0 atom stereocenters. The minimum Gasteiger partial charge on any atom is -0.487 e. The molecule has 0 aliphatic heterocycles. The molecular weight excluding hydrogens is 354 g/mol. The molecule has 0 saturated carbocycles. The van der Waals surface area contributed by atoms with Crippen LogP contribution >= 0.6 is 22.7 Å². The number of aryl methyl sites for hydroxylation is 2. The third-order valence-electron chi connectivity index (χ3n) is 3.22. The first kappa shape index (κ1) is 17.3. The molecule has 0 spiro atoms. The van der Waals surface area contributed by atoms with Crippen LogP contribution in [0.2, 0.25) is 0 Å². The first-order chi connectivity index (χ1) is 12.1. The van der Waals surface area contributed by atoms with Crippen LogP contribution in [0.25, 0.3) is 6.08 Å². The lowest BCUT2D eigenvalue weighted by molar-refractivity contribution is -0.111. The average molecular weight is 371 g/mol. The van der Waals surface area contributed by atoms with Crippen molar-refractivity contribution >= 4 is 39.8 Å². The number of anilines is 1. The molecule has 128 valence electrons. The van der Waals surface area contributed by atoms with Gasteiger partial charge >= 0.3 is 0 Å². The van der Waals surface area contributed by atoms with E-state index in [1.165, 1.54) is 17.4 Å². The fraction of sp³-hybridized carbons (Fsp3) is 0.167. The Kier molecular flexibility index (Phi) is 5.57. The highest BCUT2D eigenvalue weighted by Crippen LogP contribution is 2.21. The monoisotopic (exact) mass is 371 g/mol. The summed E-state index contributed by atoms with van der Waals surface area (Å²) in [5, 5.41) is 8.23. The minimum absolute atomic E-state index is 0.223. The van der Waals surface area contributed by atoms with Crippen molar-refractivity contribution in [1.82, 2.24) is 9.97 Å². The molecule has 0 unspecified atom stereocenters. The molecule has 2 heterocycles. The Bertz CT molecular complexity index is 899. The first-order valence-corrected chi connectivity index (χ1v) is 9.40. The Hall–Kier alpha value is -2.51. The number of benzene rings is 1. The van der Waals surface area contributed by atoms with Crippen molar-refractivity contribution in [2.75, 3.05) is 5.32 Å². The van der Waals surface area contributed by atoms with Gasteiger partial charge in [0, 0.05) is 22.4 Å². The summed E-state index contributed by atoms with van der Waals surface area (Å²) in [4.78, 5) is 20.6. The lowest BCUT2D eigenvalue weighted by atomic mass is 10.2. The van der Waals surface area contributed by atoms with E-state index in [1.54, 1.807) is 17.4 Å². The maximum atomic E-state index is 12.0. The topological polar surface area (TPSA) is 64.1 Å². The molecule has 25 heavy (non-hydrogen) atoms. The van der Waals surface area contributed by atoms with Crippen molar-refractivity contribution in [3.63, 3.8) is 0 Å². The molecule has 0 saturated heterocycles. The van der Waals surface area contributed by atoms with E-state index in [-0.39, 0.29) is 5.91 Å². The maximum absolute atomic E-state index is 12.0. The molecule has 1 aromatic carbocycles. The highest BCUT2D eigenvalue weighted by molar-refractivity contribution is 7.14. The van der Waals surface area contributed by atoms with E-state index >= 15 is 0 Å². The summed E-state index contributed by atoms with van der Waals surface area (Å²) in [6, 6.07) is 7.58. The van der Waals surface area contributed by atoms with Crippen LogP contribution in [-0.4, -0.2) is 15.9 Å². The van der Waals surface area contributed by atoms with Gasteiger partial charge in [0.15, 0.2) is 5.13 Å². The van der Waals surface area contributed by atoms with Gasteiger partial charge in [-0.05, 0) is 26.0 Å². The largest absolute Gasteiger partial charge is 0.487 e. The number of aromatic nitrogens is 2. The summed E-state index contributed by atoms with van der Waals surface area (Å²) in [5.41, 5.74) is 2.62. The van der Waals surface area contributed by atoms with Crippen molar-refractivity contribution in [3.8, 4) is 5.75 Å². The number of carbonyl (C=O) groups excluding carboxylic acids is 1. The molecule has 7 heteroatoms. The lowest BCUT2D eigenvalue weighted by Crippen LogP contribution is -2.07. The number of para-hydroxylation sites is 1. The van der Waals surface area contributed by atoms with Gasteiger partial charge in [-0.1, -0.05) is 18.2 Å². The molecule has 0 aliphatic rings. The highest BCUT2D eigenvalue weighted by atomic mass is 32.1. The van der Waals surface area contributed by atoms with Crippen LogP contribution in [0.1, 0.15) is 22.0 Å². The Balaban J connectivity index is 1.64. The van der Waals surface area contributed by atoms with E-state index in [9.17, 15) is 4.79 Å². The standard InChI is InChI=1S/C18H17N3O2S2/c1-12-10-25-18(19-12)21-17(22)8-7-14-5-3-4-6-16(14)23-9-15-11-24-13(2)20-15/h3-8,10-11H,9H2,1-2H3,(H,19,21,22)/b8-7+. The molecule has 1 N–H and O–H groups in total. The van der Waals surface area contributed by atoms with Crippen LogP contribution in [0.4, 0.5) is 5.13 Å². The van der Waals surface area contributed by atoms with Gasteiger partial charge in [-0.3, -0.25) is 10.1 Å². The number of rotatable bonds is 6. The lowest BCUT2D eigenvalue weighted by Gasteiger charge is -2.07. The summed E-state index contributed by atoms with van der Waals surface area (Å²) in [7, 11) is 0. The van der Waals surface area contributed by atoms with Crippen LogP contribution in [0.15, 0.2) is 41.1 Å². The predicted octanol–water partition coefficient (Wildman–Crippen LogP) is 4.45. The van der Waals surface area contributed by atoms with Gasteiger partial charge in [0.05, 0.1) is 16.4 Å². The van der Waals surface area contributed by atoms with Gasteiger partial charge in [0.2, 0.25) is 5.91 Å². The fourth-order valence-electron chi connectivity index (χ4n) is 2.10. The van der Waals surface area contributed by atoms with Crippen LogP contribution in [0.5, 0.6) is 5.75 Å². The zero-order chi connectivity index (χ0) is 17.6. The Morgan fingerprint density at radius 2 is 2.04 bits per heavy atom. The molecular formula is C18H17N3O2S2. The third kappa shape index (κ3) is 4.98. The fourth-order valence-corrected chi connectivity index (χ4v) is 3.39. The highest BCUT2D eigenvalue weighted by Gasteiger charge is 2.05. The quantitative estimate of drug-likeness (QED) is 0.650. The average Bonchev–Trinajstić information content (AvgIpc) is 3.20. The summed E-state index contributed by atoms with van der Waals surface area (Å²) >= 11 is 3.00. The van der Waals surface area contributed by atoms with Crippen molar-refractivity contribution < 1.29 is 9.53 Å². The number of amides is 1. The van der Waals surface area contributed by atoms with Crippen LogP contribution in [0, 0.1) is 13.8 Å². The number of thiazole rings is 2. The third-order valence-corrected chi connectivity index (χ3v) is 4.92. The number of nitrogens with one attached hydrogen (secondary N) is 1. The normalized spacial score (nSPS) is 11.0. The molecule has 2 aromatic heterocycles. The van der Waals surface area contributed by atoms with Crippen molar-refractivity contribution in [1.29, 1.82) is 0 Å². The molecule has 3 rings (SSSR count). The number of carbonyl (C=O) groups is 1. The van der Waals surface area contributed by atoms with Gasteiger partial charge in [-0.2, -0.15) is 0 Å². The first-order valence-electron chi connectivity index (χ1n) is 7.64. The zero-order valence-corrected chi connectivity index (χ0v) is 15.5. The molecule has 1 amide bonds. The number of ether oxygens (including phenoxy) is 1. The summed E-state index contributed by atoms with van der Waals surface area (Å²) in [6.07, 6.45) is 3.21. The molecule has 5 nitrogen and oxygen atoms in total. The molecule has 3 aromatic rings. The van der Waals surface area contributed by atoms with Crippen molar-refractivity contribution in [2.24, 2.45) is 0 Å². The molecule has 0 fully saturated rings.